The van der Waals surface area contributed by atoms with Crippen LogP contribution in [-0.4, -0.2) is 53.5 Å². The van der Waals surface area contributed by atoms with E-state index in [1.54, 1.807) is 17.7 Å². The van der Waals surface area contributed by atoms with Gasteiger partial charge < -0.3 is 10.2 Å². The zero-order chi connectivity index (χ0) is 24.2. The van der Waals surface area contributed by atoms with E-state index in [1.165, 1.54) is 16.0 Å². The normalized spacial score (nSPS) is 19.8. The van der Waals surface area contributed by atoms with Crippen LogP contribution in [0.3, 0.4) is 0 Å². The molecule has 1 aromatic carbocycles. The lowest BCUT2D eigenvalue weighted by Gasteiger charge is -2.34. The first-order chi connectivity index (χ1) is 17.1. The average Bonchev–Trinajstić information content (AvgIpc) is 3.33. The molecule has 6 nitrogen and oxygen atoms in total. The third-order valence-electron chi connectivity index (χ3n) is 7.73. The van der Waals surface area contributed by atoms with Crippen LogP contribution in [0.5, 0.6) is 0 Å². The third kappa shape index (κ3) is 5.67. The van der Waals surface area contributed by atoms with E-state index in [1.807, 2.05) is 0 Å². The molecule has 1 N–H and O–H groups in total. The highest BCUT2D eigenvalue weighted by Gasteiger charge is 2.28. The summed E-state index contributed by atoms with van der Waals surface area (Å²) in [6.07, 6.45) is 6.96. The Kier molecular flexibility index (Phi) is 7.63. The van der Waals surface area contributed by atoms with E-state index >= 15 is 0 Å². The molecule has 0 radical (unpaired) electrons. The Morgan fingerprint density at radius 3 is 2.77 bits per heavy atom. The van der Waals surface area contributed by atoms with Gasteiger partial charge in [-0.3, -0.25) is 9.69 Å². The van der Waals surface area contributed by atoms with E-state index in [0.29, 0.717) is 5.92 Å². The highest BCUT2D eigenvalue weighted by Crippen LogP contribution is 2.32. The number of hydrogen-bond acceptors (Lipinski definition) is 6. The first kappa shape index (κ1) is 24.2. The van der Waals surface area contributed by atoms with Gasteiger partial charge in [0.2, 0.25) is 5.91 Å². The number of anilines is 1. The minimum absolute atomic E-state index is 0.0270. The van der Waals surface area contributed by atoms with Gasteiger partial charge >= 0.3 is 0 Å². The van der Waals surface area contributed by atoms with Gasteiger partial charge in [-0.15, -0.1) is 11.3 Å². The van der Waals surface area contributed by atoms with Gasteiger partial charge in [-0.05, 0) is 75.2 Å². The molecule has 186 valence electrons. The third-order valence-corrected chi connectivity index (χ3v) is 8.91. The lowest BCUT2D eigenvalue weighted by Crippen LogP contribution is -2.45. The SMILES string of the molecule is CCc1cc2c(N3CCCC(C(=O)NCC4CCN(Cc5ccccc5C)CC4)C3)ncnc2s1. The van der Waals surface area contributed by atoms with Gasteiger partial charge in [0.1, 0.15) is 17.0 Å². The first-order valence-corrected chi connectivity index (χ1v) is 13.9. The van der Waals surface area contributed by atoms with Crippen LogP contribution < -0.4 is 10.2 Å². The Labute approximate surface area is 212 Å². The standard InChI is InChI=1S/C28H37N5OS/c1-3-24-15-25-26(30-19-31-28(25)35-24)33-12-6-9-23(18-33)27(34)29-16-21-10-13-32(14-11-21)17-22-8-5-4-7-20(22)2/h4-5,7-8,15,19,21,23H,3,6,9-14,16-18H2,1-2H3,(H,29,34). The summed E-state index contributed by atoms with van der Waals surface area (Å²) >= 11 is 1.75. The summed E-state index contributed by atoms with van der Waals surface area (Å²) in [4.78, 5) is 29.4. The van der Waals surface area contributed by atoms with Crippen molar-refractivity contribution in [1.29, 1.82) is 0 Å². The molecule has 1 unspecified atom stereocenters. The van der Waals surface area contributed by atoms with Gasteiger partial charge in [-0.2, -0.15) is 0 Å². The molecule has 5 rings (SSSR count). The van der Waals surface area contributed by atoms with E-state index in [4.69, 9.17) is 0 Å². The Balaban J connectivity index is 1.11. The van der Waals surface area contributed by atoms with Gasteiger partial charge in [0.25, 0.3) is 0 Å². The number of aryl methyl sites for hydroxylation is 2. The van der Waals surface area contributed by atoms with E-state index in [2.05, 4.69) is 69.3 Å². The molecule has 4 heterocycles. The monoisotopic (exact) mass is 491 g/mol. The highest BCUT2D eigenvalue weighted by molar-refractivity contribution is 7.18. The first-order valence-electron chi connectivity index (χ1n) is 13.1. The molecular formula is C28H37N5OS. The van der Waals surface area contributed by atoms with Crippen LogP contribution in [0.25, 0.3) is 10.2 Å². The lowest BCUT2D eigenvalue weighted by atomic mass is 9.94. The number of thiophene rings is 1. The van der Waals surface area contributed by atoms with Crippen molar-refractivity contribution in [3.05, 3.63) is 52.7 Å². The minimum atomic E-state index is 0.0270. The number of aromatic nitrogens is 2. The summed E-state index contributed by atoms with van der Waals surface area (Å²) in [5.41, 5.74) is 2.80. The van der Waals surface area contributed by atoms with Gasteiger partial charge in [0.05, 0.1) is 11.3 Å². The predicted molar refractivity (Wildman–Crippen MR) is 144 cm³/mol. The lowest BCUT2D eigenvalue weighted by molar-refractivity contribution is -0.125. The molecular weight excluding hydrogens is 454 g/mol. The van der Waals surface area contributed by atoms with Crippen LogP contribution in [0.2, 0.25) is 0 Å². The quantitative estimate of drug-likeness (QED) is 0.514. The number of amides is 1. The molecule has 2 fully saturated rings. The predicted octanol–water partition coefficient (Wildman–Crippen LogP) is 4.81. The van der Waals surface area contributed by atoms with Gasteiger partial charge in [0, 0.05) is 31.1 Å². The number of hydrogen-bond donors (Lipinski definition) is 1. The molecule has 0 bridgehead atoms. The highest BCUT2D eigenvalue weighted by atomic mass is 32.1. The van der Waals surface area contributed by atoms with Crippen LogP contribution in [-0.2, 0) is 17.8 Å². The number of nitrogens with one attached hydrogen (secondary N) is 1. The minimum Gasteiger partial charge on any atom is -0.356 e. The molecule has 2 saturated heterocycles. The maximum Gasteiger partial charge on any atom is 0.224 e. The van der Waals surface area contributed by atoms with Crippen molar-refractivity contribution < 1.29 is 4.79 Å². The summed E-state index contributed by atoms with van der Waals surface area (Å²) in [5, 5.41) is 4.44. The second-order valence-corrected chi connectivity index (χ2v) is 11.3. The molecule has 1 atom stereocenters. The van der Waals surface area contributed by atoms with Crippen molar-refractivity contribution in [3.63, 3.8) is 0 Å². The number of piperidine rings is 2. The van der Waals surface area contributed by atoms with Crippen LogP contribution in [0.4, 0.5) is 5.82 Å². The molecule has 2 aliphatic heterocycles. The average molecular weight is 492 g/mol. The van der Waals surface area contributed by atoms with Crippen LogP contribution in [0.1, 0.15) is 48.6 Å². The van der Waals surface area contributed by atoms with E-state index in [-0.39, 0.29) is 11.8 Å². The summed E-state index contributed by atoms with van der Waals surface area (Å²) in [6, 6.07) is 10.9. The van der Waals surface area contributed by atoms with E-state index in [0.717, 1.165) is 87.4 Å². The number of carbonyl (C=O) groups is 1. The van der Waals surface area contributed by atoms with Crippen LogP contribution in [0.15, 0.2) is 36.7 Å². The fourth-order valence-electron chi connectivity index (χ4n) is 5.47. The van der Waals surface area contributed by atoms with E-state index < -0.39 is 0 Å². The molecule has 0 saturated carbocycles. The summed E-state index contributed by atoms with van der Waals surface area (Å²) in [6.45, 7) is 10.1. The zero-order valence-corrected chi connectivity index (χ0v) is 21.8. The molecule has 2 aromatic heterocycles. The summed E-state index contributed by atoms with van der Waals surface area (Å²) in [5.74, 6) is 1.80. The second kappa shape index (κ2) is 11.0. The number of benzene rings is 1. The topological polar surface area (TPSA) is 61.4 Å². The molecule has 3 aromatic rings. The van der Waals surface area contributed by atoms with Crippen molar-refractivity contribution in [3.8, 4) is 0 Å². The Bertz CT molecular complexity index is 1150. The van der Waals surface area contributed by atoms with E-state index in [9.17, 15) is 4.79 Å². The number of rotatable bonds is 7. The van der Waals surface area contributed by atoms with Gasteiger partial charge in [-0.25, -0.2) is 9.97 Å². The van der Waals surface area contributed by atoms with Crippen molar-refractivity contribution in [2.75, 3.05) is 37.6 Å². The Hall–Kier alpha value is -2.51. The maximum absolute atomic E-state index is 13.1. The number of fused-ring (bicyclic) bond motifs is 1. The number of nitrogens with zero attached hydrogens (tertiary/aromatic N) is 4. The maximum atomic E-state index is 13.1. The Morgan fingerprint density at radius 1 is 1.14 bits per heavy atom. The van der Waals surface area contributed by atoms with Crippen molar-refractivity contribution >= 4 is 33.3 Å². The fraction of sp³-hybridized carbons (Fsp3) is 0.536. The van der Waals surface area contributed by atoms with Gasteiger partial charge in [0.15, 0.2) is 0 Å². The smallest absolute Gasteiger partial charge is 0.224 e. The zero-order valence-electron chi connectivity index (χ0n) is 21.0. The molecule has 1 amide bonds. The molecule has 0 aliphatic carbocycles. The van der Waals surface area contributed by atoms with Crippen LogP contribution in [0, 0.1) is 18.8 Å². The van der Waals surface area contributed by atoms with Crippen molar-refractivity contribution in [2.24, 2.45) is 11.8 Å². The van der Waals surface area contributed by atoms with Crippen molar-refractivity contribution in [1.82, 2.24) is 20.2 Å². The van der Waals surface area contributed by atoms with Crippen LogP contribution >= 0.6 is 11.3 Å². The fourth-order valence-corrected chi connectivity index (χ4v) is 6.40. The largest absolute Gasteiger partial charge is 0.356 e. The molecule has 7 heteroatoms. The molecule has 35 heavy (non-hydrogen) atoms. The summed E-state index contributed by atoms with van der Waals surface area (Å²) in [7, 11) is 0. The summed E-state index contributed by atoms with van der Waals surface area (Å²) < 4.78 is 0. The molecule has 2 aliphatic rings. The second-order valence-electron chi connectivity index (χ2n) is 10.2. The number of likely N-dealkylation sites (tertiary alicyclic amines) is 1. The van der Waals surface area contributed by atoms with Gasteiger partial charge in [-0.1, -0.05) is 31.2 Å². The van der Waals surface area contributed by atoms with Crippen molar-refractivity contribution in [2.45, 2.75) is 52.5 Å². The number of carbonyl (C=O) groups excluding carboxylic acids is 1. The molecule has 0 spiro atoms. The Morgan fingerprint density at radius 2 is 1.97 bits per heavy atom.